The largest absolute Gasteiger partial charge is 0.412 e. The Hall–Kier alpha value is 18.2. The molecule has 0 rings (SSSR count). The smallest absolute Gasteiger partial charge is 0 e. The predicted molar refractivity (Wildman–Crippen MR) is 211 cm³/mol. The molecule has 61 heavy (non-hydrogen) atoms. The predicted octanol–water partition coefficient (Wildman–Crippen LogP) is -37.2. The second kappa shape index (κ2) is 1410. The third-order valence-corrected chi connectivity index (χ3v) is 0. The Balaban J connectivity index is 0. The first kappa shape index (κ1) is 1470. The maximum absolute atomic E-state index is 0. The summed E-state index contributed by atoms with van der Waals surface area (Å²) < 4.78 is 0. The van der Waals surface area contributed by atoms with Crippen LogP contribution in [0.25, 0.3) is 0 Å². The molecule has 0 aliphatic carbocycles. The summed E-state index contributed by atoms with van der Waals surface area (Å²) >= 11 is 0. The molecule has 0 aliphatic heterocycles. The zero-order valence-corrected chi connectivity index (χ0v) is 89.1. The molecule has 82 N–H and O–H groups in total. The summed E-state index contributed by atoms with van der Waals surface area (Å²) in [7, 11) is 0. The first-order valence-electron chi connectivity index (χ1n) is 0. The minimum Gasteiger partial charge on any atom is -0.412 e. The molecule has 1 atom stereocenters. The summed E-state index contributed by atoms with van der Waals surface area (Å²) in [6.07, 6.45) is 0. The molecule has 0 saturated heterocycles. The van der Waals surface area contributed by atoms with Crippen molar-refractivity contribution in [2.45, 2.75) is 0 Å². The van der Waals surface area contributed by atoms with E-state index in [1.54, 1.807) is 0 Å². The zero-order valence-electron chi connectivity index (χ0n) is 33.1. The van der Waals surface area contributed by atoms with Crippen molar-refractivity contribution in [2.24, 2.45) is 0 Å². The van der Waals surface area contributed by atoms with Crippen LogP contribution in [0.1, 0.15) is 0 Å². The van der Waals surface area contributed by atoms with Gasteiger partial charge >= 0.3 is 0 Å². The normalized spacial score (nSPS) is 0. The molecule has 0 bridgehead atoms. The third kappa shape index (κ3) is 1370. The van der Waals surface area contributed by atoms with Crippen molar-refractivity contribution in [1.29, 1.82) is 0 Å². The second-order valence-electron chi connectivity index (χ2n) is 0. The van der Waals surface area contributed by atoms with Gasteiger partial charge in [-0.1, -0.05) is 0 Å². The van der Waals surface area contributed by atoms with Crippen LogP contribution in [0.4, 0.5) is 0 Å². The van der Waals surface area contributed by atoms with Gasteiger partial charge in [-0.3, -0.25) is 0 Å². The molecule has 0 aliphatic rings. The van der Waals surface area contributed by atoms with Crippen molar-refractivity contribution in [3.63, 3.8) is 0 Å². The fraction of sp³-hybridized carbons (Fsp3) is 0. The van der Waals surface area contributed by atoms with E-state index in [0.29, 0.717) is 0 Å². The molecule has 415 valence electrons. The Morgan fingerprint density at radius 3 is 0.0820 bits per heavy atom. The standard InChI is InChI=1S/7K.41H2O.H3P.2Se.10W/h;;;;;;;41*1H2;1H3;;;;;;;;;;;;. The van der Waals surface area contributed by atoms with E-state index >= 15 is 0 Å². The van der Waals surface area contributed by atoms with Crippen LogP contribution in [0.5, 0.6) is 0 Å². The molecule has 0 saturated carbocycles. The van der Waals surface area contributed by atoms with E-state index in [0.717, 1.165) is 0 Å². The summed E-state index contributed by atoms with van der Waals surface area (Å²) in [5.41, 5.74) is 0. The van der Waals surface area contributed by atoms with Crippen LogP contribution in [0.15, 0.2) is 0 Å². The average molecular weight is 3040 g/mol. The fourth-order valence-electron chi connectivity index (χ4n) is 0. The summed E-state index contributed by atoms with van der Waals surface area (Å²) in [6, 6.07) is 0. The molecular weight excluding hydrogens is 2960 g/mol. The first-order chi connectivity index (χ1) is 0. The van der Waals surface area contributed by atoms with Gasteiger partial charge in [0.1, 0.15) is 0 Å². The van der Waals surface area contributed by atoms with Gasteiger partial charge in [-0.05, 0) is 0 Å². The van der Waals surface area contributed by atoms with Crippen molar-refractivity contribution in [1.82, 2.24) is 0 Å². The van der Waals surface area contributed by atoms with Gasteiger partial charge in [0.05, 0.1) is 0 Å². The topological polar surface area (TPSA) is 1290 Å². The van der Waals surface area contributed by atoms with Gasteiger partial charge in [0, 0.05) is 604 Å². The van der Waals surface area contributed by atoms with E-state index in [9.17, 15) is 0 Å². The second-order valence-corrected chi connectivity index (χ2v) is 0. The minimum atomic E-state index is 0. The van der Waals surface area contributed by atoms with Gasteiger partial charge in [0.15, 0.2) is 0 Å². The number of hydrogen-bond donors (Lipinski definition) is 0. The number of rotatable bonds is 0. The molecule has 11 radical (unpaired) electrons. The van der Waals surface area contributed by atoms with Gasteiger partial charge in [-0.2, -0.15) is 9.90 Å². The van der Waals surface area contributed by atoms with E-state index in [2.05, 4.69) is 0 Å². The molecule has 0 aromatic rings. The van der Waals surface area contributed by atoms with Crippen LogP contribution < -0.4 is 0 Å². The van der Waals surface area contributed by atoms with Crippen LogP contribution in [0.2, 0.25) is 0 Å². The van der Waals surface area contributed by atoms with Crippen LogP contribution in [-0.4, -0.2) is 618 Å². The van der Waals surface area contributed by atoms with Crippen LogP contribution >= 0.6 is 9.90 Å². The van der Waals surface area contributed by atoms with Gasteiger partial charge in [-0.25, -0.2) is 0 Å². The summed E-state index contributed by atoms with van der Waals surface area (Å²) in [6.45, 7) is 0. The van der Waals surface area contributed by atoms with Crippen LogP contribution in [-0.2, 0) is 211 Å². The quantitative estimate of drug-likeness (QED) is 0.161. The van der Waals surface area contributed by atoms with E-state index in [1.807, 2.05) is 0 Å². The van der Waals surface area contributed by atoms with E-state index < -0.39 is 0 Å². The van der Waals surface area contributed by atoms with E-state index in [4.69, 9.17) is 0 Å². The third-order valence-electron chi connectivity index (χ3n) is 0. The monoisotopic (exact) mass is 3040 g/mol. The maximum atomic E-state index is 0. The van der Waals surface area contributed by atoms with Gasteiger partial charge < -0.3 is 225 Å². The molecule has 0 aromatic carbocycles. The summed E-state index contributed by atoms with van der Waals surface area (Å²) in [5.74, 6) is 0. The molecule has 0 aromatic heterocycles. The van der Waals surface area contributed by atoms with Gasteiger partial charge in [-0.15, -0.1) is 0 Å². The van der Waals surface area contributed by atoms with Crippen molar-refractivity contribution in [3.8, 4) is 0 Å². The molecule has 1 unspecified atom stereocenters. The SMILES string of the molecule is O.O.O.O.O.O.O.O.O.O.O.O.O.O.O.O.O.O.O.O.O.O.O.O.O.O.O.O.O.O.O.O.O.O.O.O.O.O.O.O.O.P.[K].[K].[K].[K].[K].[K].[K].[Se].[Se].[W].[W].[W].[W].[W].[W].[W].[W].[W].[W]. The first-order valence-corrected chi connectivity index (χ1v) is 0. The molecule has 0 amide bonds. The van der Waals surface area contributed by atoms with Crippen molar-refractivity contribution >= 4 is 404 Å². The fourth-order valence-corrected chi connectivity index (χ4v) is 0. The van der Waals surface area contributed by atoms with Crippen molar-refractivity contribution in [3.05, 3.63) is 0 Å². The van der Waals surface area contributed by atoms with Gasteiger partial charge in [0.2, 0.25) is 0 Å². The molecule has 0 heterocycles. The van der Waals surface area contributed by atoms with Crippen molar-refractivity contribution in [2.75, 3.05) is 0 Å². The van der Waals surface area contributed by atoms with E-state index in [1.165, 1.54) is 0 Å². The molecule has 61 heteroatoms. The summed E-state index contributed by atoms with van der Waals surface area (Å²) in [4.78, 5) is 0. The van der Waals surface area contributed by atoms with Gasteiger partial charge in [0.25, 0.3) is 0 Å². The van der Waals surface area contributed by atoms with E-state index in [-0.39, 0.29) is 839 Å². The summed E-state index contributed by atoms with van der Waals surface area (Å²) in [5, 5.41) is 0. The Kier molecular flexibility index (Phi) is 33900. The van der Waals surface area contributed by atoms with Crippen LogP contribution in [0, 0.1) is 0 Å². The molecule has 0 fully saturated rings. The van der Waals surface area contributed by atoms with Crippen LogP contribution in [0.3, 0.4) is 0 Å². The minimum absolute atomic E-state index is 0. The molecular formula is H85K7O41PSe2W10. The molecule has 41 nitrogen and oxygen atoms in total. The van der Waals surface area contributed by atoms with Crippen molar-refractivity contribution < 1.29 is 435 Å². The Morgan fingerprint density at radius 1 is 0.0820 bits per heavy atom. The average Bonchev–Trinajstić information content (AvgIpc) is 0. The molecule has 0 spiro atoms. The number of hydrogen-bond acceptors (Lipinski definition) is 0. The Bertz CT molecular complexity index is 87.2. The maximum Gasteiger partial charge on any atom is 0 e. The zero-order chi connectivity index (χ0) is 0. The Labute approximate surface area is 815 Å². The Morgan fingerprint density at radius 2 is 0.0820 bits per heavy atom.